The molecule has 2 N–H and O–H groups in total. The molecule has 0 fully saturated rings. The molecule has 0 radical (unpaired) electrons. The second-order valence-corrected chi connectivity index (χ2v) is 5.60. The van der Waals surface area contributed by atoms with Crippen LogP contribution in [0, 0.1) is 13.8 Å². The number of aryl methyl sites for hydroxylation is 2. The summed E-state index contributed by atoms with van der Waals surface area (Å²) in [7, 11) is 1.31. The summed E-state index contributed by atoms with van der Waals surface area (Å²) < 4.78 is 4.61. The van der Waals surface area contributed by atoms with E-state index in [4.69, 9.17) is 5.73 Å². The fourth-order valence-electron chi connectivity index (χ4n) is 1.40. The van der Waals surface area contributed by atoms with Crippen molar-refractivity contribution < 1.29 is 9.53 Å². The van der Waals surface area contributed by atoms with Gasteiger partial charge in [0.15, 0.2) is 5.69 Å². The molecule has 0 unspecified atom stereocenters. The van der Waals surface area contributed by atoms with Crippen LogP contribution in [0.4, 0.5) is 5.00 Å². The Kier molecular flexibility index (Phi) is 3.12. The number of methoxy groups -OCH3 is 1. The smallest absolute Gasteiger partial charge is 0.359 e. The van der Waals surface area contributed by atoms with Crippen LogP contribution in [0.2, 0.25) is 0 Å². The molecule has 0 spiro atoms. The standard InChI is InChI=1S/C10H11N3O2S2/c1-4-7(16-5(2)12-4)9-13-6(8(11)17-9)10(14)15-3/h11H2,1-3H3. The Morgan fingerprint density at radius 3 is 2.53 bits per heavy atom. The molecule has 0 saturated carbocycles. The highest BCUT2D eigenvalue weighted by Gasteiger charge is 2.19. The number of ether oxygens (including phenoxy) is 1. The third-order valence-electron chi connectivity index (χ3n) is 2.13. The Morgan fingerprint density at radius 2 is 2.00 bits per heavy atom. The van der Waals surface area contributed by atoms with E-state index in [0.717, 1.165) is 15.6 Å². The van der Waals surface area contributed by atoms with Gasteiger partial charge in [-0.25, -0.2) is 14.8 Å². The first kappa shape index (κ1) is 12.0. The van der Waals surface area contributed by atoms with Crippen LogP contribution in [-0.4, -0.2) is 23.0 Å². The molecule has 0 aliphatic carbocycles. The van der Waals surface area contributed by atoms with Gasteiger partial charge in [-0.05, 0) is 13.8 Å². The number of aromatic nitrogens is 2. The van der Waals surface area contributed by atoms with E-state index in [-0.39, 0.29) is 5.69 Å². The molecule has 5 nitrogen and oxygen atoms in total. The molecule has 0 aliphatic heterocycles. The SMILES string of the molecule is COC(=O)c1nc(-c2sc(C)nc2C)sc1N. The van der Waals surface area contributed by atoms with E-state index in [1.807, 2.05) is 13.8 Å². The molecule has 0 bridgehead atoms. The van der Waals surface area contributed by atoms with Crippen LogP contribution in [-0.2, 0) is 4.74 Å². The number of nitrogen functional groups attached to an aromatic ring is 1. The number of carbonyl (C=O) groups excluding carboxylic acids is 1. The van der Waals surface area contributed by atoms with Gasteiger partial charge in [0.05, 0.1) is 22.7 Å². The summed E-state index contributed by atoms with van der Waals surface area (Å²) in [6.45, 7) is 3.84. The average molecular weight is 269 g/mol. The molecule has 90 valence electrons. The van der Waals surface area contributed by atoms with Crippen LogP contribution in [0.3, 0.4) is 0 Å². The normalized spacial score (nSPS) is 10.5. The molecular weight excluding hydrogens is 258 g/mol. The van der Waals surface area contributed by atoms with Crippen molar-refractivity contribution in [2.24, 2.45) is 0 Å². The van der Waals surface area contributed by atoms with Crippen molar-refractivity contribution in [2.75, 3.05) is 12.8 Å². The predicted molar refractivity (Wildman–Crippen MR) is 68.4 cm³/mol. The summed E-state index contributed by atoms with van der Waals surface area (Å²) in [4.78, 5) is 20.9. The van der Waals surface area contributed by atoms with Gasteiger partial charge >= 0.3 is 5.97 Å². The average Bonchev–Trinajstić information content (AvgIpc) is 2.80. The van der Waals surface area contributed by atoms with Crippen molar-refractivity contribution in [3.63, 3.8) is 0 Å². The summed E-state index contributed by atoms with van der Waals surface area (Å²) in [6.07, 6.45) is 0. The van der Waals surface area contributed by atoms with Gasteiger partial charge in [-0.3, -0.25) is 0 Å². The first-order valence-electron chi connectivity index (χ1n) is 4.82. The van der Waals surface area contributed by atoms with Crippen LogP contribution < -0.4 is 5.73 Å². The first-order valence-corrected chi connectivity index (χ1v) is 6.45. The number of anilines is 1. The number of carbonyl (C=O) groups is 1. The number of hydrogen-bond acceptors (Lipinski definition) is 7. The van der Waals surface area contributed by atoms with E-state index < -0.39 is 5.97 Å². The Bertz CT molecular complexity index is 574. The van der Waals surface area contributed by atoms with Crippen molar-refractivity contribution in [3.05, 3.63) is 16.4 Å². The van der Waals surface area contributed by atoms with Crippen molar-refractivity contribution in [1.82, 2.24) is 9.97 Å². The van der Waals surface area contributed by atoms with Gasteiger partial charge in [0.1, 0.15) is 10.0 Å². The molecule has 0 amide bonds. The number of rotatable bonds is 2. The van der Waals surface area contributed by atoms with Crippen LogP contribution in [0.5, 0.6) is 0 Å². The van der Waals surface area contributed by atoms with Crippen molar-refractivity contribution >= 4 is 33.6 Å². The summed E-state index contributed by atoms with van der Waals surface area (Å²) in [5, 5.41) is 2.05. The third-order valence-corrected chi connectivity index (χ3v) is 4.24. The minimum atomic E-state index is -0.510. The topological polar surface area (TPSA) is 78.1 Å². The van der Waals surface area contributed by atoms with Gasteiger partial charge in [-0.2, -0.15) is 0 Å². The van der Waals surface area contributed by atoms with Gasteiger partial charge in [0.2, 0.25) is 0 Å². The monoisotopic (exact) mass is 269 g/mol. The minimum absolute atomic E-state index is 0.179. The van der Waals surface area contributed by atoms with Crippen molar-refractivity contribution in [3.8, 4) is 9.88 Å². The van der Waals surface area contributed by atoms with Gasteiger partial charge in [-0.15, -0.1) is 11.3 Å². The maximum Gasteiger partial charge on any atom is 0.359 e. The Balaban J connectivity index is 2.48. The van der Waals surface area contributed by atoms with Crippen LogP contribution in [0.25, 0.3) is 9.88 Å². The number of esters is 1. The molecule has 0 saturated heterocycles. The van der Waals surface area contributed by atoms with E-state index in [9.17, 15) is 4.79 Å². The molecule has 17 heavy (non-hydrogen) atoms. The molecule has 7 heteroatoms. The maximum atomic E-state index is 11.4. The fraction of sp³-hybridized carbons (Fsp3) is 0.300. The van der Waals surface area contributed by atoms with E-state index in [0.29, 0.717) is 10.0 Å². The lowest BCUT2D eigenvalue weighted by Crippen LogP contribution is -2.04. The molecular formula is C10H11N3O2S2. The lowest BCUT2D eigenvalue weighted by molar-refractivity contribution is 0.0596. The highest BCUT2D eigenvalue weighted by molar-refractivity contribution is 7.23. The molecule has 0 aromatic carbocycles. The van der Waals surface area contributed by atoms with E-state index in [1.165, 1.54) is 29.8 Å². The quantitative estimate of drug-likeness (QED) is 0.846. The lowest BCUT2D eigenvalue weighted by Gasteiger charge is -1.93. The van der Waals surface area contributed by atoms with Crippen molar-refractivity contribution in [1.29, 1.82) is 0 Å². The molecule has 0 atom stereocenters. The number of hydrogen-bond donors (Lipinski definition) is 1. The van der Waals surface area contributed by atoms with Crippen LogP contribution in [0.1, 0.15) is 21.2 Å². The lowest BCUT2D eigenvalue weighted by atomic mass is 10.4. The van der Waals surface area contributed by atoms with E-state index in [1.54, 1.807) is 0 Å². The highest BCUT2D eigenvalue weighted by atomic mass is 32.1. The van der Waals surface area contributed by atoms with Gasteiger partial charge in [-0.1, -0.05) is 11.3 Å². The van der Waals surface area contributed by atoms with Gasteiger partial charge in [0, 0.05) is 0 Å². The van der Waals surface area contributed by atoms with Gasteiger partial charge in [0.25, 0.3) is 0 Å². The Morgan fingerprint density at radius 1 is 1.29 bits per heavy atom. The zero-order valence-corrected chi connectivity index (χ0v) is 11.2. The van der Waals surface area contributed by atoms with Crippen molar-refractivity contribution in [2.45, 2.75) is 13.8 Å². The van der Waals surface area contributed by atoms with Crippen LogP contribution in [0.15, 0.2) is 0 Å². The van der Waals surface area contributed by atoms with Gasteiger partial charge < -0.3 is 10.5 Å². The molecule has 2 rings (SSSR count). The number of thiazole rings is 2. The fourth-order valence-corrected chi connectivity index (χ4v) is 3.27. The largest absolute Gasteiger partial charge is 0.464 e. The number of nitrogens with two attached hydrogens (primary N) is 1. The number of nitrogens with zero attached hydrogens (tertiary/aromatic N) is 2. The summed E-state index contributed by atoms with van der Waals surface area (Å²) in [5.74, 6) is -0.510. The van der Waals surface area contributed by atoms with E-state index >= 15 is 0 Å². The Labute approximate surface area is 106 Å². The zero-order chi connectivity index (χ0) is 12.6. The summed E-state index contributed by atoms with van der Waals surface area (Å²) in [5.41, 5.74) is 6.83. The minimum Gasteiger partial charge on any atom is -0.464 e. The molecule has 2 heterocycles. The zero-order valence-electron chi connectivity index (χ0n) is 9.60. The first-order chi connectivity index (χ1) is 8.02. The summed E-state index contributed by atoms with van der Waals surface area (Å²) in [6, 6.07) is 0. The second-order valence-electron chi connectivity index (χ2n) is 3.37. The Hall–Kier alpha value is -1.47. The van der Waals surface area contributed by atoms with E-state index in [2.05, 4.69) is 14.7 Å². The highest BCUT2D eigenvalue weighted by Crippen LogP contribution is 2.35. The third kappa shape index (κ3) is 2.16. The van der Waals surface area contributed by atoms with Crippen LogP contribution >= 0.6 is 22.7 Å². The second kappa shape index (κ2) is 4.42. The maximum absolute atomic E-state index is 11.4. The molecule has 2 aromatic rings. The predicted octanol–water partition coefficient (Wildman–Crippen LogP) is 2.25. The summed E-state index contributed by atoms with van der Waals surface area (Å²) >= 11 is 2.81. The molecule has 2 aromatic heterocycles. The molecule has 0 aliphatic rings.